The highest BCUT2D eigenvalue weighted by molar-refractivity contribution is 5.88. The maximum absolute atomic E-state index is 13.2. The predicted molar refractivity (Wildman–Crippen MR) is 99.3 cm³/mol. The summed E-state index contributed by atoms with van der Waals surface area (Å²) in [5.74, 6) is -2.51. The molecular formula is C21H22F2N2O3. The van der Waals surface area contributed by atoms with Gasteiger partial charge in [0.15, 0.2) is 0 Å². The third kappa shape index (κ3) is 4.72. The van der Waals surface area contributed by atoms with Gasteiger partial charge in [0.1, 0.15) is 17.7 Å². The number of hydrogen-bond donors (Lipinski definition) is 3. The van der Waals surface area contributed by atoms with Crippen molar-refractivity contribution in [2.75, 3.05) is 0 Å². The summed E-state index contributed by atoms with van der Waals surface area (Å²) in [5.41, 5.74) is 2.12. The zero-order valence-electron chi connectivity index (χ0n) is 15.4. The largest absolute Gasteiger partial charge is 0.391 e. The van der Waals surface area contributed by atoms with Crippen LogP contribution in [-0.4, -0.2) is 29.1 Å². The van der Waals surface area contributed by atoms with Crippen molar-refractivity contribution >= 4 is 11.8 Å². The van der Waals surface area contributed by atoms with Crippen molar-refractivity contribution in [3.63, 3.8) is 0 Å². The summed E-state index contributed by atoms with van der Waals surface area (Å²) < 4.78 is 26.5. The van der Waals surface area contributed by atoms with E-state index in [1.165, 1.54) is 6.92 Å². The first-order chi connectivity index (χ1) is 13.3. The number of fused-ring (bicyclic) bond motifs is 1. The van der Waals surface area contributed by atoms with Crippen LogP contribution >= 0.6 is 0 Å². The monoisotopic (exact) mass is 388 g/mol. The summed E-state index contributed by atoms with van der Waals surface area (Å²) in [4.78, 5) is 24.6. The summed E-state index contributed by atoms with van der Waals surface area (Å²) in [6.45, 7) is 1.51. The second-order valence-corrected chi connectivity index (χ2v) is 7.03. The molecule has 0 bridgehead atoms. The lowest BCUT2D eigenvalue weighted by Gasteiger charge is -2.31. The molecule has 3 N–H and O–H groups in total. The number of carbonyl (C=O) groups is 2. The molecule has 28 heavy (non-hydrogen) atoms. The number of aliphatic hydroxyl groups is 1. The topological polar surface area (TPSA) is 78.4 Å². The molecule has 2 amide bonds. The van der Waals surface area contributed by atoms with Gasteiger partial charge in [0, 0.05) is 6.07 Å². The van der Waals surface area contributed by atoms with E-state index < -0.39 is 41.6 Å². The third-order valence-electron chi connectivity index (χ3n) is 4.84. The van der Waals surface area contributed by atoms with Gasteiger partial charge in [-0.15, -0.1) is 0 Å². The summed E-state index contributed by atoms with van der Waals surface area (Å²) in [6.07, 6.45) is 0.312. The lowest BCUT2D eigenvalue weighted by Crippen LogP contribution is -2.49. The fourth-order valence-corrected chi connectivity index (χ4v) is 3.45. The molecule has 1 aliphatic rings. The van der Waals surface area contributed by atoms with Gasteiger partial charge in [-0.3, -0.25) is 9.59 Å². The Morgan fingerprint density at radius 3 is 2.57 bits per heavy atom. The molecule has 148 valence electrons. The van der Waals surface area contributed by atoms with Gasteiger partial charge in [0.05, 0.1) is 18.6 Å². The Labute approximate surface area is 161 Å². The van der Waals surface area contributed by atoms with Crippen molar-refractivity contribution < 1.29 is 23.5 Å². The van der Waals surface area contributed by atoms with Crippen LogP contribution in [0.5, 0.6) is 0 Å². The average molecular weight is 388 g/mol. The molecule has 7 heteroatoms. The molecule has 2 aromatic carbocycles. The van der Waals surface area contributed by atoms with Crippen LogP contribution in [0, 0.1) is 11.6 Å². The zero-order chi connectivity index (χ0) is 20.3. The third-order valence-corrected chi connectivity index (χ3v) is 4.84. The number of nitrogens with one attached hydrogen (secondary N) is 2. The van der Waals surface area contributed by atoms with Crippen LogP contribution < -0.4 is 10.6 Å². The Bertz CT molecular complexity index is 867. The molecule has 0 spiro atoms. The van der Waals surface area contributed by atoms with Crippen LogP contribution in [0.1, 0.15) is 36.1 Å². The van der Waals surface area contributed by atoms with Crippen molar-refractivity contribution in [1.82, 2.24) is 10.6 Å². The Morgan fingerprint density at radius 2 is 1.86 bits per heavy atom. The van der Waals surface area contributed by atoms with Gasteiger partial charge in [0.2, 0.25) is 11.8 Å². The number of amides is 2. The van der Waals surface area contributed by atoms with Gasteiger partial charge in [-0.1, -0.05) is 24.3 Å². The molecule has 0 saturated heterocycles. The molecule has 3 unspecified atom stereocenters. The fourth-order valence-electron chi connectivity index (χ4n) is 3.45. The van der Waals surface area contributed by atoms with Crippen molar-refractivity contribution in [3.8, 4) is 0 Å². The molecule has 3 atom stereocenters. The van der Waals surface area contributed by atoms with Gasteiger partial charge in [-0.2, -0.15) is 0 Å². The number of rotatable bonds is 5. The molecular weight excluding hydrogens is 366 g/mol. The number of aliphatic hydroxyl groups excluding tert-OH is 1. The van der Waals surface area contributed by atoms with Crippen LogP contribution in [0.2, 0.25) is 0 Å². The molecule has 0 aromatic heterocycles. The van der Waals surface area contributed by atoms with Crippen molar-refractivity contribution in [2.45, 2.75) is 44.4 Å². The minimum Gasteiger partial charge on any atom is -0.391 e. The van der Waals surface area contributed by atoms with Crippen LogP contribution in [0.25, 0.3) is 0 Å². The van der Waals surface area contributed by atoms with Gasteiger partial charge >= 0.3 is 0 Å². The minimum atomic E-state index is -0.868. The minimum absolute atomic E-state index is 0.180. The van der Waals surface area contributed by atoms with E-state index in [-0.39, 0.29) is 12.0 Å². The van der Waals surface area contributed by atoms with Gasteiger partial charge in [-0.05, 0) is 48.6 Å². The van der Waals surface area contributed by atoms with E-state index in [0.717, 1.165) is 35.7 Å². The number of aryl methyl sites for hydroxylation is 1. The molecule has 2 aromatic rings. The van der Waals surface area contributed by atoms with Crippen LogP contribution in [-0.2, 0) is 22.4 Å². The SMILES string of the molecule is CC(NC(=O)Cc1cc(F)cc(F)c1)C(=O)NC1c2ccccc2CCC1O. The normalized spacial score (nSPS) is 19.4. The summed E-state index contributed by atoms with van der Waals surface area (Å²) in [5, 5.41) is 15.6. The van der Waals surface area contributed by atoms with E-state index in [0.29, 0.717) is 6.42 Å². The first-order valence-corrected chi connectivity index (χ1v) is 9.14. The Balaban J connectivity index is 1.61. The first kappa shape index (κ1) is 19.9. The van der Waals surface area contributed by atoms with Crippen LogP contribution in [0.15, 0.2) is 42.5 Å². The van der Waals surface area contributed by atoms with Crippen molar-refractivity contribution in [3.05, 3.63) is 70.8 Å². The molecule has 3 rings (SSSR count). The average Bonchev–Trinajstić information content (AvgIpc) is 2.63. The second kappa shape index (κ2) is 8.48. The smallest absolute Gasteiger partial charge is 0.242 e. The van der Waals surface area contributed by atoms with Crippen LogP contribution in [0.4, 0.5) is 8.78 Å². The molecule has 0 fully saturated rings. The Hall–Kier alpha value is -2.80. The Kier molecular flexibility index (Phi) is 6.04. The summed E-state index contributed by atoms with van der Waals surface area (Å²) >= 11 is 0. The first-order valence-electron chi connectivity index (χ1n) is 9.14. The zero-order valence-corrected chi connectivity index (χ0v) is 15.4. The molecule has 0 heterocycles. The summed E-state index contributed by atoms with van der Waals surface area (Å²) in [7, 11) is 0. The molecule has 5 nitrogen and oxygen atoms in total. The quantitative estimate of drug-likeness (QED) is 0.735. The standard InChI is InChI=1S/C21H22F2N2O3/c1-12(24-19(27)10-13-8-15(22)11-16(23)9-13)21(28)25-20-17-5-3-2-4-14(17)6-7-18(20)26/h2-5,8-9,11-12,18,20,26H,6-7,10H2,1H3,(H,24,27)(H,25,28). The van der Waals surface area contributed by atoms with E-state index >= 15 is 0 Å². The van der Waals surface area contributed by atoms with Gasteiger partial charge in [-0.25, -0.2) is 8.78 Å². The number of hydrogen-bond acceptors (Lipinski definition) is 3. The maximum Gasteiger partial charge on any atom is 0.242 e. The van der Waals surface area contributed by atoms with Gasteiger partial charge in [0.25, 0.3) is 0 Å². The van der Waals surface area contributed by atoms with E-state index in [4.69, 9.17) is 0 Å². The Morgan fingerprint density at radius 1 is 1.18 bits per heavy atom. The second-order valence-electron chi connectivity index (χ2n) is 7.03. The molecule has 0 saturated carbocycles. The highest BCUT2D eigenvalue weighted by Crippen LogP contribution is 2.29. The lowest BCUT2D eigenvalue weighted by molar-refractivity contribution is -0.129. The number of benzene rings is 2. The number of carbonyl (C=O) groups excluding carboxylic acids is 2. The highest BCUT2D eigenvalue weighted by atomic mass is 19.1. The van der Waals surface area contributed by atoms with Crippen LogP contribution in [0.3, 0.4) is 0 Å². The van der Waals surface area contributed by atoms with E-state index in [1.54, 1.807) is 0 Å². The van der Waals surface area contributed by atoms with Crippen molar-refractivity contribution in [1.29, 1.82) is 0 Å². The number of halogens is 2. The summed E-state index contributed by atoms with van der Waals surface area (Å²) in [6, 6.07) is 9.04. The van der Waals surface area contributed by atoms with Gasteiger partial charge < -0.3 is 15.7 Å². The maximum atomic E-state index is 13.2. The predicted octanol–water partition coefficient (Wildman–Crippen LogP) is 2.18. The van der Waals surface area contributed by atoms with E-state index in [1.807, 2.05) is 24.3 Å². The highest BCUT2D eigenvalue weighted by Gasteiger charge is 2.30. The van der Waals surface area contributed by atoms with Crippen molar-refractivity contribution in [2.24, 2.45) is 0 Å². The molecule has 0 aliphatic heterocycles. The van der Waals surface area contributed by atoms with E-state index in [2.05, 4.69) is 10.6 Å². The van der Waals surface area contributed by atoms with E-state index in [9.17, 15) is 23.5 Å². The molecule has 0 radical (unpaired) electrons. The lowest BCUT2D eigenvalue weighted by atomic mass is 9.85. The fraction of sp³-hybridized carbons (Fsp3) is 0.333. The molecule has 1 aliphatic carbocycles.